The molecule has 0 aliphatic rings. The maximum Gasteiger partial charge on any atom is 0.308 e. The molecule has 0 radical (unpaired) electrons. The second kappa shape index (κ2) is 6.01. The normalized spacial score (nSPS) is 12.2. The molecule has 0 saturated heterocycles. The van der Waals surface area contributed by atoms with Gasteiger partial charge in [0.15, 0.2) is 0 Å². The van der Waals surface area contributed by atoms with Crippen LogP contribution in [-0.2, 0) is 9.53 Å². The molecule has 0 bridgehead atoms. The van der Waals surface area contributed by atoms with E-state index in [9.17, 15) is 9.90 Å². The van der Waals surface area contributed by atoms with Gasteiger partial charge in [0.25, 0.3) is 0 Å². The highest BCUT2D eigenvalue weighted by atomic mass is 79.9. The minimum absolute atomic E-state index is 0.00880. The molecule has 0 aliphatic carbocycles. The van der Waals surface area contributed by atoms with Crippen LogP contribution in [0.4, 0.5) is 0 Å². The summed E-state index contributed by atoms with van der Waals surface area (Å²) in [5.41, 5.74) is 1.70. The van der Waals surface area contributed by atoms with E-state index in [2.05, 4.69) is 15.9 Å². The minimum atomic E-state index is -0.809. The summed E-state index contributed by atoms with van der Waals surface area (Å²) < 4.78 is 5.72. The molecule has 16 heavy (non-hydrogen) atoms. The van der Waals surface area contributed by atoms with E-state index in [1.807, 2.05) is 25.1 Å². The van der Waals surface area contributed by atoms with Crippen LogP contribution >= 0.6 is 15.9 Å². The molecular weight excluding hydrogens is 272 g/mol. The zero-order valence-electron chi connectivity index (χ0n) is 9.37. The fourth-order valence-electron chi connectivity index (χ4n) is 1.47. The van der Waals surface area contributed by atoms with Crippen LogP contribution in [-0.4, -0.2) is 17.7 Å². The van der Waals surface area contributed by atoms with Crippen LogP contribution in [0.15, 0.2) is 22.7 Å². The van der Waals surface area contributed by atoms with Crippen molar-refractivity contribution in [2.24, 2.45) is 0 Å². The topological polar surface area (TPSA) is 46.5 Å². The summed E-state index contributed by atoms with van der Waals surface area (Å²) >= 11 is 3.38. The number of carbonyl (C=O) groups is 1. The van der Waals surface area contributed by atoms with E-state index in [1.54, 1.807) is 6.92 Å². The number of halogens is 1. The highest BCUT2D eigenvalue weighted by Gasteiger charge is 2.16. The zero-order valence-corrected chi connectivity index (χ0v) is 11.0. The van der Waals surface area contributed by atoms with Crippen LogP contribution in [0.1, 0.15) is 30.6 Å². The molecule has 1 unspecified atom stereocenters. The average molecular weight is 287 g/mol. The summed E-state index contributed by atoms with van der Waals surface area (Å²) in [6.07, 6.45) is -0.818. The first-order valence-electron chi connectivity index (χ1n) is 5.15. The number of aliphatic hydroxyl groups is 1. The molecule has 0 saturated carbocycles. The molecule has 0 fully saturated rings. The monoisotopic (exact) mass is 286 g/mol. The van der Waals surface area contributed by atoms with Crippen LogP contribution in [0, 0.1) is 6.92 Å². The molecule has 1 N–H and O–H groups in total. The highest BCUT2D eigenvalue weighted by Crippen LogP contribution is 2.26. The van der Waals surface area contributed by atoms with Crippen molar-refractivity contribution in [3.05, 3.63) is 33.8 Å². The van der Waals surface area contributed by atoms with Crippen molar-refractivity contribution in [3.63, 3.8) is 0 Å². The number of hydrogen-bond acceptors (Lipinski definition) is 3. The summed E-state index contributed by atoms with van der Waals surface area (Å²) in [7, 11) is 0. The minimum Gasteiger partial charge on any atom is -0.466 e. The van der Waals surface area contributed by atoms with Crippen LogP contribution in [0.25, 0.3) is 0 Å². The highest BCUT2D eigenvalue weighted by molar-refractivity contribution is 9.10. The third kappa shape index (κ3) is 3.32. The Labute approximate surface area is 104 Å². The van der Waals surface area contributed by atoms with Crippen LogP contribution in [0.5, 0.6) is 0 Å². The fourth-order valence-corrected chi connectivity index (χ4v) is 1.85. The lowest BCUT2D eigenvalue weighted by Gasteiger charge is -2.13. The number of hydrogen-bond donors (Lipinski definition) is 1. The molecule has 0 aliphatic heterocycles. The molecule has 88 valence electrons. The van der Waals surface area contributed by atoms with E-state index in [1.165, 1.54) is 0 Å². The number of ether oxygens (including phenoxy) is 1. The fraction of sp³-hybridized carbons (Fsp3) is 0.417. The predicted molar refractivity (Wildman–Crippen MR) is 65.1 cm³/mol. The van der Waals surface area contributed by atoms with Crippen LogP contribution < -0.4 is 0 Å². The van der Waals surface area contributed by atoms with Gasteiger partial charge in [0.1, 0.15) is 0 Å². The Kier molecular flexibility index (Phi) is 4.96. The third-order valence-electron chi connectivity index (χ3n) is 2.33. The largest absolute Gasteiger partial charge is 0.466 e. The van der Waals surface area contributed by atoms with Gasteiger partial charge in [-0.1, -0.05) is 28.1 Å². The first-order valence-corrected chi connectivity index (χ1v) is 5.94. The molecule has 4 heteroatoms. The van der Waals surface area contributed by atoms with E-state index in [0.29, 0.717) is 6.61 Å². The van der Waals surface area contributed by atoms with Gasteiger partial charge in [-0.3, -0.25) is 4.79 Å². The molecule has 1 rings (SSSR count). The van der Waals surface area contributed by atoms with Gasteiger partial charge in [0, 0.05) is 4.47 Å². The zero-order chi connectivity index (χ0) is 12.1. The lowest BCUT2D eigenvalue weighted by atomic mass is 10.0. The van der Waals surface area contributed by atoms with Crippen molar-refractivity contribution in [1.82, 2.24) is 0 Å². The maximum absolute atomic E-state index is 11.2. The molecule has 1 aromatic carbocycles. The van der Waals surface area contributed by atoms with Gasteiger partial charge in [0.2, 0.25) is 0 Å². The van der Waals surface area contributed by atoms with Crippen molar-refractivity contribution >= 4 is 21.9 Å². The summed E-state index contributed by atoms with van der Waals surface area (Å²) in [6, 6.07) is 5.54. The first-order chi connectivity index (χ1) is 7.56. The van der Waals surface area contributed by atoms with Crippen LogP contribution in [0.3, 0.4) is 0 Å². The Balaban J connectivity index is 2.76. The Bertz CT molecular complexity index is 377. The Morgan fingerprint density at radius 1 is 1.56 bits per heavy atom. The summed E-state index contributed by atoms with van der Waals surface area (Å²) in [5, 5.41) is 9.90. The molecule has 0 heterocycles. The second-order valence-electron chi connectivity index (χ2n) is 3.48. The van der Waals surface area contributed by atoms with Gasteiger partial charge in [-0.15, -0.1) is 0 Å². The summed E-state index contributed by atoms with van der Waals surface area (Å²) in [4.78, 5) is 11.2. The Morgan fingerprint density at radius 3 is 2.88 bits per heavy atom. The lowest BCUT2D eigenvalue weighted by molar-refractivity contribution is -0.145. The van der Waals surface area contributed by atoms with E-state index < -0.39 is 6.10 Å². The Hall–Kier alpha value is -0.870. The number of rotatable bonds is 4. The van der Waals surface area contributed by atoms with Gasteiger partial charge < -0.3 is 9.84 Å². The van der Waals surface area contributed by atoms with Crippen molar-refractivity contribution in [2.75, 3.05) is 6.61 Å². The maximum atomic E-state index is 11.2. The molecule has 3 nitrogen and oxygen atoms in total. The SMILES string of the molecule is CCOC(=O)CC(O)c1cccc(Br)c1C. The third-order valence-corrected chi connectivity index (χ3v) is 3.19. The smallest absolute Gasteiger partial charge is 0.308 e. The quantitative estimate of drug-likeness (QED) is 0.866. The number of carbonyl (C=O) groups excluding carboxylic acids is 1. The van der Waals surface area contributed by atoms with E-state index >= 15 is 0 Å². The summed E-state index contributed by atoms with van der Waals surface area (Å²) in [5.74, 6) is -0.380. The predicted octanol–water partition coefficient (Wildman–Crippen LogP) is 2.74. The molecule has 0 spiro atoms. The molecule has 1 atom stereocenters. The number of esters is 1. The van der Waals surface area contributed by atoms with Crippen molar-refractivity contribution in [1.29, 1.82) is 0 Å². The molecule has 1 aromatic rings. The first kappa shape index (κ1) is 13.2. The standard InChI is InChI=1S/C12H15BrO3/c1-3-16-12(15)7-11(14)9-5-4-6-10(13)8(9)2/h4-6,11,14H,3,7H2,1-2H3. The van der Waals surface area contributed by atoms with Crippen molar-refractivity contribution in [3.8, 4) is 0 Å². The van der Waals surface area contributed by atoms with E-state index in [0.717, 1.165) is 15.6 Å². The van der Waals surface area contributed by atoms with Gasteiger partial charge in [-0.05, 0) is 31.0 Å². The number of benzene rings is 1. The Morgan fingerprint density at radius 2 is 2.25 bits per heavy atom. The van der Waals surface area contributed by atoms with Gasteiger partial charge in [-0.25, -0.2) is 0 Å². The van der Waals surface area contributed by atoms with Gasteiger partial charge in [0.05, 0.1) is 19.1 Å². The van der Waals surface area contributed by atoms with E-state index in [4.69, 9.17) is 4.74 Å². The van der Waals surface area contributed by atoms with Crippen molar-refractivity contribution < 1.29 is 14.6 Å². The summed E-state index contributed by atoms with van der Waals surface area (Å²) in [6.45, 7) is 3.98. The van der Waals surface area contributed by atoms with Crippen LogP contribution in [0.2, 0.25) is 0 Å². The number of aliphatic hydroxyl groups excluding tert-OH is 1. The van der Waals surface area contributed by atoms with Gasteiger partial charge >= 0.3 is 5.97 Å². The van der Waals surface area contributed by atoms with E-state index in [-0.39, 0.29) is 12.4 Å². The lowest BCUT2D eigenvalue weighted by Crippen LogP contribution is -2.11. The molecular formula is C12H15BrO3. The second-order valence-corrected chi connectivity index (χ2v) is 4.33. The van der Waals surface area contributed by atoms with Crippen molar-refractivity contribution in [2.45, 2.75) is 26.4 Å². The molecule has 0 amide bonds. The average Bonchev–Trinajstić information content (AvgIpc) is 2.22. The molecule has 0 aromatic heterocycles. The van der Waals surface area contributed by atoms with Gasteiger partial charge in [-0.2, -0.15) is 0 Å².